The van der Waals surface area contributed by atoms with Crippen LogP contribution >= 0.6 is 0 Å². The van der Waals surface area contributed by atoms with E-state index >= 15 is 0 Å². The third-order valence-electron chi connectivity index (χ3n) is 2.89. The van der Waals surface area contributed by atoms with Crippen LogP contribution in [0.2, 0.25) is 0 Å². The van der Waals surface area contributed by atoms with Gasteiger partial charge in [-0.2, -0.15) is 4.80 Å². The lowest BCUT2D eigenvalue weighted by atomic mass is 10.2. The minimum atomic E-state index is 0.567. The summed E-state index contributed by atoms with van der Waals surface area (Å²) in [4.78, 5) is 5.76. The van der Waals surface area contributed by atoms with Crippen molar-refractivity contribution in [2.75, 3.05) is 12.4 Å². The fraction of sp³-hybridized carbons (Fsp3) is 0.143. The Morgan fingerprint density at radius 2 is 2.00 bits per heavy atom. The number of nitrogens with one attached hydrogen (secondary N) is 1. The number of hydrogen-bond donors (Lipinski definition) is 1. The smallest absolute Gasteiger partial charge is 0.204 e. The van der Waals surface area contributed by atoms with Crippen molar-refractivity contribution in [1.82, 2.24) is 25.2 Å². The Bertz CT molecular complexity index is 692. The minimum absolute atomic E-state index is 0.567. The highest BCUT2D eigenvalue weighted by Crippen LogP contribution is 2.12. The third kappa shape index (κ3) is 2.64. The standard InChI is InChI=1S/C14H14N6/c1-15-13-9-11(7-8-16-13)10-20-18-14(17-19-20)12-5-3-2-4-6-12/h2-9H,10H2,1H3,(H,15,16). The number of pyridine rings is 1. The Morgan fingerprint density at radius 3 is 2.80 bits per heavy atom. The van der Waals surface area contributed by atoms with Crippen LogP contribution in [0.25, 0.3) is 11.4 Å². The van der Waals surface area contributed by atoms with Crippen LogP contribution in [0.3, 0.4) is 0 Å². The molecule has 0 spiro atoms. The van der Waals surface area contributed by atoms with Crippen molar-refractivity contribution in [3.63, 3.8) is 0 Å². The number of nitrogens with zero attached hydrogens (tertiary/aromatic N) is 5. The summed E-state index contributed by atoms with van der Waals surface area (Å²) in [5, 5.41) is 15.5. The zero-order valence-electron chi connectivity index (χ0n) is 11.1. The first kappa shape index (κ1) is 12.3. The van der Waals surface area contributed by atoms with E-state index < -0.39 is 0 Å². The Labute approximate surface area is 116 Å². The number of tetrazole rings is 1. The Kier molecular flexibility index (Phi) is 3.36. The summed E-state index contributed by atoms with van der Waals surface area (Å²) in [5.74, 6) is 1.46. The monoisotopic (exact) mass is 266 g/mol. The molecule has 20 heavy (non-hydrogen) atoms. The maximum Gasteiger partial charge on any atom is 0.204 e. The topological polar surface area (TPSA) is 68.5 Å². The first-order valence-electron chi connectivity index (χ1n) is 6.31. The number of aromatic nitrogens is 5. The van der Waals surface area contributed by atoms with Crippen molar-refractivity contribution in [2.45, 2.75) is 6.54 Å². The van der Waals surface area contributed by atoms with Gasteiger partial charge in [0.25, 0.3) is 0 Å². The fourth-order valence-corrected chi connectivity index (χ4v) is 1.89. The van der Waals surface area contributed by atoms with Crippen molar-refractivity contribution >= 4 is 5.82 Å². The average Bonchev–Trinajstić information content (AvgIpc) is 2.97. The number of rotatable bonds is 4. The van der Waals surface area contributed by atoms with Crippen LogP contribution in [0.15, 0.2) is 48.7 Å². The second kappa shape index (κ2) is 5.48. The van der Waals surface area contributed by atoms with Crippen molar-refractivity contribution in [3.05, 3.63) is 54.2 Å². The van der Waals surface area contributed by atoms with Gasteiger partial charge in [-0.15, -0.1) is 10.2 Å². The van der Waals surface area contributed by atoms with Crippen LogP contribution in [0.1, 0.15) is 5.56 Å². The van der Waals surface area contributed by atoms with E-state index in [-0.39, 0.29) is 0 Å². The van der Waals surface area contributed by atoms with E-state index in [4.69, 9.17) is 0 Å². The molecule has 0 amide bonds. The van der Waals surface area contributed by atoms with Crippen molar-refractivity contribution in [2.24, 2.45) is 0 Å². The molecule has 0 aliphatic rings. The molecule has 2 heterocycles. The molecular formula is C14H14N6. The summed E-state index contributed by atoms with van der Waals surface area (Å²) in [6, 6.07) is 13.7. The molecule has 1 N–H and O–H groups in total. The molecule has 3 aromatic rings. The highest BCUT2D eigenvalue weighted by atomic mass is 15.6. The number of benzene rings is 1. The lowest BCUT2D eigenvalue weighted by Crippen LogP contribution is -2.05. The van der Waals surface area contributed by atoms with Gasteiger partial charge in [-0.1, -0.05) is 30.3 Å². The van der Waals surface area contributed by atoms with E-state index in [0.29, 0.717) is 12.4 Å². The van der Waals surface area contributed by atoms with Crippen LogP contribution < -0.4 is 5.32 Å². The van der Waals surface area contributed by atoms with Crippen LogP contribution in [0.5, 0.6) is 0 Å². The van der Waals surface area contributed by atoms with E-state index in [1.165, 1.54) is 0 Å². The summed E-state index contributed by atoms with van der Waals surface area (Å²) < 4.78 is 0. The molecule has 0 aliphatic carbocycles. The first-order chi connectivity index (χ1) is 9.85. The maximum absolute atomic E-state index is 4.38. The van der Waals surface area contributed by atoms with Crippen LogP contribution in [-0.2, 0) is 6.54 Å². The summed E-state index contributed by atoms with van der Waals surface area (Å²) in [6.07, 6.45) is 1.76. The van der Waals surface area contributed by atoms with Gasteiger partial charge in [0, 0.05) is 18.8 Å². The largest absolute Gasteiger partial charge is 0.373 e. The van der Waals surface area contributed by atoms with Gasteiger partial charge in [0.05, 0.1) is 6.54 Å². The molecule has 0 saturated carbocycles. The summed E-state index contributed by atoms with van der Waals surface area (Å²) in [5.41, 5.74) is 2.03. The molecular weight excluding hydrogens is 252 g/mol. The van der Waals surface area contributed by atoms with E-state index in [2.05, 4.69) is 25.7 Å². The lowest BCUT2D eigenvalue weighted by molar-refractivity contribution is 0.572. The quantitative estimate of drug-likeness (QED) is 0.780. The molecule has 3 rings (SSSR count). The summed E-state index contributed by atoms with van der Waals surface area (Å²) in [6.45, 7) is 0.567. The Hall–Kier alpha value is -2.76. The van der Waals surface area contributed by atoms with Gasteiger partial charge in [-0.25, -0.2) is 4.98 Å². The molecule has 100 valence electrons. The molecule has 6 heteroatoms. The van der Waals surface area contributed by atoms with Gasteiger partial charge in [0.15, 0.2) is 0 Å². The first-order valence-corrected chi connectivity index (χ1v) is 6.31. The highest BCUT2D eigenvalue weighted by Gasteiger charge is 2.06. The zero-order chi connectivity index (χ0) is 13.8. The highest BCUT2D eigenvalue weighted by molar-refractivity contribution is 5.53. The van der Waals surface area contributed by atoms with Gasteiger partial charge in [0.2, 0.25) is 5.82 Å². The molecule has 0 atom stereocenters. The zero-order valence-corrected chi connectivity index (χ0v) is 11.1. The second-order valence-electron chi connectivity index (χ2n) is 4.31. The maximum atomic E-state index is 4.38. The van der Waals surface area contributed by atoms with Gasteiger partial charge in [-0.05, 0) is 22.9 Å². The minimum Gasteiger partial charge on any atom is -0.373 e. The summed E-state index contributed by atoms with van der Waals surface area (Å²) in [7, 11) is 1.84. The van der Waals surface area contributed by atoms with Gasteiger partial charge in [0.1, 0.15) is 5.82 Å². The van der Waals surface area contributed by atoms with E-state index in [0.717, 1.165) is 16.9 Å². The molecule has 1 aromatic carbocycles. The Morgan fingerprint density at radius 1 is 1.15 bits per heavy atom. The lowest BCUT2D eigenvalue weighted by Gasteiger charge is -2.02. The SMILES string of the molecule is CNc1cc(Cn2nnc(-c3ccccc3)n2)ccn1. The predicted molar refractivity (Wildman–Crippen MR) is 76.1 cm³/mol. The predicted octanol–water partition coefficient (Wildman–Crippen LogP) is 1.83. The van der Waals surface area contributed by atoms with Crippen LogP contribution in [0.4, 0.5) is 5.82 Å². The van der Waals surface area contributed by atoms with E-state index in [1.54, 1.807) is 11.0 Å². The molecule has 6 nitrogen and oxygen atoms in total. The van der Waals surface area contributed by atoms with E-state index in [9.17, 15) is 0 Å². The summed E-state index contributed by atoms with van der Waals surface area (Å²) >= 11 is 0. The molecule has 2 aromatic heterocycles. The molecule has 0 radical (unpaired) electrons. The molecule has 0 aliphatic heterocycles. The normalized spacial score (nSPS) is 10.4. The van der Waals surface area contributed by atoms with Crippen molar-refractivity contribution < 1.29 is 0 Å². The van der Waals surface area contributed by atoms with Crippen molar-refractivity contribution in [1.29, 1.82) is 0 Å². The number of anilines is 1. The average molecular weight is 266 g/mol. The van der Waals surface area contributed by atoms with Crippen molar-refractivity contribution in [3.8, 4) is 11.4 Å². The second-order valence-corrected chi connectivity index (χ2v) is 4.31. The van der Waals surface area contributed by atoms with Gasteiger partial charge < -0.3 is 5.32 Å². The van der Waals surface area contributed by atoms with Gasteiger partial charge in [-0.3, -0.25) is 0 Å². The fourth-order valence-electron chi connectivity index (χ4n) is 1.89. The molecule has 0 saturated heterocycles. The number of hydrogen-bond acceptors (Lipinski definition) is 5. The Balaban J connectivity index is 1.80. The van der Waals surface area contributed by atoms with Gasteiger partial charge >= 0.3 is 0 Å². The molecule has 0 unspecified atom stereocenters. The van der Waals surface area contributed by atoms with Crippen LogP contribution in [-0.4, -0.2) is 32.2 Å². The van der Waals surface area contributed by atoms with E-state index in [1.807, 2.05) is 49.5 Å². The third-order valence-corrected chi connectivity index (χ3v) is 2.89. The van der Waals surface area contributed by atoms with Crippen LogP contribution in [0, 0.1) is 0 Å². The molecule has 0 fully saturated rings. The molecule has 0 bridgehead atoms.